The Balaban J connectivity index is 1.08. The summed E-state index contributed by atoms with van der Waals surface area (Å²) in [7, 11) is 0. The standard InChI is InChI=1S/C60H41NO/c1-5-15-42(16-6-1)45-27-29-46(30-28-45)47-31-35-52(36-32-47)61(53-24-13-23-49(39-53)43-17-7-2-8-18-43)57-40-50(44-19-9-3-10-20-44)33-37-54(57)51-34-38-56-59(41-51)62-58-26-14-25-55(60(56)58)48-21-11-4-12-22-48/h1-41H. The van der Waals surface area contributed by atoms with Crippen LogP contribution in [0.1, 0.15) is 0 Å². The summed E-state index contributed by atoms with van der Waals surface area (Å²) in [6.07, 6.45) is 0. The van der Waals surface area contributed by atoms with Crippen LogP contribution in [0.4, 0.5) is 17.1 Å². The highest BCUT2D eigenvalue weighted by Crippen LogP contribution is 2.46. The molecular weight excluding hydrogens is 751 g/mol. The van der Waals surface area contributed by atoms with Gasteiger partial charge in [0.1, 0.15) is 11.2 Å². The second-order valence-electron chi connectivity index (χ2n) is 15.7. The predicted octanol–water partition coefficient (Wildman–Crippen LogP) is 17.1. The molecule has 0 saturated carbocycles. The molecular formula is C60H41NO. The van der Waals surface area contributed by atoms with Crippen molar-refractivity contribution in [3.8, 4) is 66.8 Å². The van der Waals surface area contributed by atoms with Crippen LogP contribution < -0.4 is 4.90 Å². The van der Waals surface area contributed by atoms with E-state index in [2.05, 4.69) is 254 Å². The van der Waals surface area contributed by atoms with Gasteiger partial charge in [0, 0.05) is 27.7 Å². The summed E-state index contributed by atoms with van der Waals surface area (Å²) in [5.41, 5.74) is 18.8. The van der Waals surface area contributed by atoms with Crippen molar-refractivity contribution >= 4 is 39.0 Å². The van der Waals surface area contributed by atoms with Crippen LogP contribution in [0.2, 0.25) is 0 Å². The number of nitrogens with zero attached hydrogens (tertiary/aromatic N) is 1. The highest BCUT2D eigenvalue weighted by Gasteiger charge is 2.21. The number of hydrogen-bond donors (Lipinski definition) is 0. The van der Waals surface area contributed by atoms with Crippen LogP contribution in [0.3, 0.4) is 0 Å². The van der Waals surface area contributed by atoms with Crippen molar-refractivity contribution < 1.29 is 4.42 Å². The summed E-state index contributed by atoms with van der Waals surface area (Å²) in [5.74, 6) is 0. The maximum atomic E-state index is 6.68. The van der Waals surface area contributed by atoms with E-state index >= 15 is 0 Å². The highest BCUT2D eigenvalue weighted by molar-refractivity contribution is 6.13. The lowest BCUT2D eigenvalue weighted by Gasteiger charge is -2.29. The molecule has 0 spiro atoms. The maximum Gasteiger partial charge on any atom is 0.136 e. The van der Waals surface area contributed by atoms with Gasteiger partial charge in [0.25, 0.3) is 0 Å². The number of hydrogen-bond acceptors (Lipinski definition) is 2. The van der Waals surface area contributed by atoms with Gasteiger partial charge in [0.05, 0.1) is 5.69 Å². The molecule has 292 valence electrons. The first kappa shape index (κ1) is 36.8. The first-order valence-corrected chi connectivity index (χ1v) is 21.2. The molecule has 2 nitrogen and oxygen atoms in total. The molecule has 10 aromatic carbocycles. The molecule has 0 aliphatic rings. The molecule has 62 heavy (non-hydrogen) atoms. The average molecular weight is 792 g/mol. The van der Waals surface area contributed by atoms with Gasteiger partial charge in [0.2, 0.25) is 0 Å². The molecule has 1 heterocycles. The van der Waals surface area contributed by atoms with Crippen LogP contribution >= 0.6 is 0 Å². The summed E-state index contributed by atoms with van der Waals surface area (Å²) in [6, 6.07) is 89.0. The van der Waals surface area contributed by atoms with E-state index in [0.717, 1.165) is 72.4 Å². The molecule has 0 radical (unpaired) electrons. The van der Waals surface area contributed by atoms with Crippen molar-refractivity contribution in [2.24, 2.45) is 0 Å². The number of benzene rings is 10. The van der Waals surface area contributed by atoms with Crippen molar-refractivity contribution in [2.45, 2.75) is 0 Å². The normalized spacial score (nSPS) is 11.2. The fourth-order valence-electron chi connectivity index (χ4n) is 8.79. The third kappa shape index (κ3) is 7.04. The lowest BCUT2D eigenvalue weighted by atomic mass is 9.95. The maximum absolute atomic E-state index is 6.68. The number of fused-ring (bicyclic) bond motifs is 3. The summed E-state index contributed by atoms with van der Waals surface area (Å²) in [4.78, 5) is 2.41. The lowest BCUT2D eigenvalue weighted by Crippen LogP contribution is -2.11. The zero-order chi connectivity index (χ0) is 41.2. The number of anilines is 3. The average Bonchev–Trinajstić information content (AvgIpc) is 3.74. The Hall–Kier alpha value is -8.20. The topological polar surface area (TPSA) is 16.4 Å². The van der Waals surface area contributed by atoms with Gasteiger partial charge >= 0.3 is 0 Å². The SMILES string of the molecule is c1ccc(-c2ccc(-c3ccc(N(c4cccc(-c5ccccc5)c4)c4cc(-c5ccccc5)ccc4-c4ccc5c(c4)oc4cccc(-c6ccccc6)c45)cc3)cc2)cc1. The first-order chi connectivity index (χ1) is 30.7. The molecule has 0 unspecified atom stereocenters. The van der Waals surface area contributed by atoms with Gasteiger partial charge in [-0.1, -0.05) is 200 Å². The van der Waals surface area contributed by atoms with Gasteiger partial charge in [0.15, 0.2) is 0 Å². The minimum Gasteiger partial charge on any atom is -0.456 e. The fourth-order valence-corrected chi connectivity index (χ4v) is 8.79. The third-order valence-corrected chi connectivity index (χ3v) is 11.9. The Bertz CT molecular complexity index is 3300. The molecule has 0 aliphatic heterocycles. The third-order valence-electron chi connectivity index (χ3n) is 11.9. The van der Waals surface area contributed by atoms with Crippen molar-refractivity contribution in [2.75, 3.05) is 4.90 Å². The Morgan fingerprint density at radius 1 is 0.258 bits per heavy atom. The van der Waals surface area contributed by atoms with Gasteiger partial charge in [-0.15, -0.1) is 0 Å². The summed E-state index contributed by atoms with van der Waals surface area (Å²) in [5, 5.41) is 2.24. The molecule has 0 N–H and O–H groups in total. The Kier molecular flexibility index (Phi) is 9.57. The zero-order valence-corrected chi connectivity index (χ0v) is 34.0. The van der Waals surface area contributed by atoms with Gasteiger partial charge in [-0.2, -0.15) is 0 Å². The summed E-state index contributed by atoms with van der Waals surface area (Å²) >= 11 is 0. The number of furan rings is 1. The zero-order valence-electron chi connectivity index (χ0n) is 34.0. The van der Waals surface area contributed by atoms with Crippen LogP contribution in [0, 0.1) is 0 Å². The monoisotopic (exact) mass is 791 g/mol. The number of rotatable bonds is 9. The molecule has 0 fully saturated rings. The molecule has 0 saturated heterocycles. The van der Waals surface area contributed by atoms with Crippen molar-refractivity contribution in [3.63, 3.8) is 0 Å². The second-order valence-corrected chi connectivity index (χ2v) is 15.7. The van der Waals surface area contributed by atoms with Gasteiger partial charge in [-0.05, 0) is 110 Å². The van der Waals surface area contributed by atoms with Crippen LogP contribution in [-0.2, 0) is 0 Å². The van der Waals surface area contributed by atoms with E-state index in [0.29, 0.717) is 0 Å². The van der Waals surface area contributed by atoms with E-state index in [1.54, 1.807) is 0 Å². The van der Waals surface area contributed by atoms with Crippen LogP contribution in [-0.4, -0.2) is 0 Å². The molecule has 11 rings (SSSR count). The van der Waals surface area contributed by atoms with Crippen LogP contribution in [0.25, 0.3) is 88.7 Å². The smallest absolute Gasteiger partial charge is 0.136 e. The van der Waals surface area contributed by atoms with Crippen molar-refractivity contribution in [3.05, 3.63) is 249 Å². The van der Waals surface area contributed by atoms with E-state index in [-0.39, 0.29) is 0 Å². The van der Waals surface area contributed by atoms with Gasteiger partial charge < -0.3 is 9.32 Å². The van der Waals surface area contributed by atoms with E-state index < -0.39 is 0 Å². The lowest BCUT2D eigenvalue weighted by molar-refractivity contribution is 0.669. The van der Waals surface area contributed by atoms with E-state index in [1.807, 2.05) is 0 Å². The van der Waals surface area contributed by atoms with Gasteiger partial charge in [-0.3, -0.25) is 0 Å². The van der Waals surface area contributed by atoms with E-state index in [4.69, 9.17) is 4.42 Å². The summed E-state index contributed by atoms with van der Waals surface area (Å²) < 4.78 is 6.68. The molecule has 0 amide bonds. The predicted molar refractivity (Wildman–Crippen MR) is 261 cm³/mol. The fraction of sp³-hybridized carbons (Fsp3) is 0. The first-order valence-electron chi connectivity index (χ1n) is 21.2. The van der Waals surface area contributed by atoms with E-state index in [1.165, 1.54) is 33.4 Å². The second kappa shape index (κ2) is 16.1. The van der Waals surface area contributed by atoms with Crippen LogP contribution in [0.5, 0.6) is 0 Å². The van der Waals surface area contributed by atoms with E-state index in [9.17, 15) is 0 Å². The summed E-state index contributed by atoms with van der Waals surface area (Å²) in [6.45, 7) is 0. The molecule has 0 bridgehead atoms. The highest BCUT2D eigenvalue weighted by atomic mass is 16.3. The minimum absolute atomic E-state index is 0.860. The van der Waals surface area contributed by atoms with Gasteiger partial charge in [-0.25, -0.2) is 0 Å². The Morgan fingerprint density at radius 3 is 1.34 bits per heavy atom. The molecule has 1 aromatic heterocycles. The molecule has 2 heteroatoms. The minimum atomic E-state index is 0.860. The Morgan fingerprint density at radius 2 is 0.726 bits per heavy atom. The Labute approximate surface area is 362 Å². The van der Waals surface area contributed by atoms with Crippen molar-refractivity contribution in [1.82, 2.24) is 0 Å². The molecule has 0 aliphatic carbocycles. The molecule has 11 aromatic rings. The van der Waals surface area contributed by atoms with Crippen LogP contribution in [0.15, 0.2) is 253 Å². The quantitative estimate of drug-likeness (QED) is 0.145. The largest absolute Gasteiger partial charge is 0.456 e. The van der Waals surface area contributed by atoms with Crippen molar-refractivity contribution in [1.29, 1.82) is 0 Å². The molecule has 0 atom stereocenters.